The SMILES string of the molecule is COc1ccc(CC(OC(C)C)C(=O)O)cc1CNC(=O)/C=C/c1ccc(Cl)cc1Cl. The highest BCUT2D eigenvalue weighted by Crippen LogP contribution is 2.23. The van der Waals surface area contributed by atoms with E-state index in [1.165, 1.54) is 13.2 Å². The molecule has 2 rings (SSSR count). The van der Waals surface area contributed by atoms with Gasteiger partial charge in [0.1, 0.15) is 5.75 Å². The molecule has 0 heterocycles. The molecule has 2 aromatic rings. The highest BCUT2D eigenvalue weighted by Gasteiger charge is 2.20. The lowest BCUT2D eigenvalue weighted by Gasteiger charge is -2.17. The zero-order valence-electron chi connectivity index (χ0n) is 17.5. The third kappa shape index (κ3) is 7.90. The van der Waals surface area contributed by atoms with E-state index in [9.17, 15) is 14.7 Å². The second kappa shape index (κ2) is 11.7. The van der Waals surface area contributed by atoms with Crippen LogP contribution in [0.1, 0.15) is 30.5 Å². The van der Waals surface area contributed by atoms with Crippen LogP contribution in [0.2, 0.25) is 10.0 Å². The maximum absolute atomic E-state index is 12.2. The van der Waals surface area contributed by atoms with Crippen LogP contribution in [0.5, 0.6) is 5.75 Å². The molecule has 0 saturated heterocycles. The molecule has 8 heteroatoms. The van der Waals surface area contributed by atoms with Crippen LogP contribution in [-0.4, -0.2) is 36.3 Å². The normalized spacial score (nSPS) is 12.2. The van der Waals surface area contributed by atoms with Crippen LogP contribution in [0.3, 0.4) is 0 Å². The van der Waals surface area contributed by atoms with E-state index in [2.05, 4.69) is 5.32 Å². The van der Waals surface area contributed by atoms with Crippen molar-refractivity contribution in [1.29, 1.82) is 0 Å². The molecule has 0 saturated carbocycles. The lowest BCUT2D eigenvalue weighted by Crippen LogP contribution is -2.29. The Morgan fingerprint density at radius 1 is 1.16 bits per heavy atom. The summed E-state index contributed by atoms with van der Waals surface area (Å²) in [4.78, 5) is 23.7. The fourth-order valence-corrected chi connectivity index (χ4v) is 3.35. The van der Waals surface area contributed by atoms with Crippen molar-refractivity contribution in [2.75, 3.05) is 7.11 Å². The van der Waals surface area contributed by atoms with Crippen LogP contribution in [0, 0.1) is 0 Å². The number of aliphatic carboxylic acids is 1. The molecule has 1 atom stereocenters. The van der Waals surface area contributed by atoms with Gasteiger partial charge in [0.05, 0.1) is 13.2 Å². The Kier molecular flexibility index (Phi) is 9.37. The van der Waals surface area contributed by atoms with E-state index < -0.39 is 12.1 Å². The van der Waals surface area contributed by atoms with Crippen molar-refractivity contribution in [3.8, 4) is 5.75 Å². The van der Waals surface area contributed by atoms with Crippen LogP contribution in [-0.2, 0) is 27.3 Å². The molecule has 0 aliphatic rings. The first-order chi connectivity index (χ1) is 14.7. The summed E-state index contributed by atoms with van der Waals surface area (Å²) < 4.78 is 10.8. The van der Waals surface area contributed by atoms with Gasteiger partial charge in [-0.05, 0) is 49.2 Å². The number of ether oxygens (including phenoxy) is 2. The van der Waals surface area contributed by atoms with E-state index in [0.29, 0.717) is 21.4 Å². The number of methoxy groups -OCH3 is 1. The van der Waals surface area contributed by atoms with Gasteiger partial charge in [-0.1, -0.05) is 41.4 Å². The molecule has 6 nitrogen and oxygen atoms in total. The van der Waals surface area contributed by atoms with E-state index in [1.54, 1.807) is 56.3 Å². The lowest BCUT2D eigenvalue weighted by molar-refractivity contribution is -0.153. The van der Waals surface area contributed by atoms with Gasteiger partial charge in [-0.2, -0.15) is 0 Å². The van der Waals surface area contributed by atoms with Gasteiger partial charge >= 0.3 is 5.97 Å². The van der Waals surface area contributed by atoms with Crippen molar-refractivity contribution in [1.82, 2.24) is 5.32 Å². The summed E-state index contributed by atoms with van der Waals surface area (Å²) in [5, 5.41) is 13.1. The zero-order chi connectivity index (χ0) is 23.0. The van der Waals surface area contributed by atoms with Gasteiger partial charge < -0.3 is 19.9 Å². The largest absolute Gasteiger partial charge is 0.496 e. The number of nitrogens with one attached hydrogen (secondary N) is 1. The van der Waals surface area contributed by atoms with Crippen molar-refractivity contribution < 1.29 is 24.2 Å². The Morgan fingerprint density at radius 2 is 1.90 bits per heavy atom. The average molecular weight is 466 g/mol. The fraction of sp³-hybridized carbons (Fsp3) is 0.304. The predicted octanol–water partition coefficient (Wildman–Crippen LogP) is 4.75. The molecule has 0 fully saturated rings. The molecule has 0 radical (unpaired) electrons. The number of amides is 1. The number of carbonyl (C=O) groups is 2. The minimum atomic E-state index is -1.02. The van der Waals surface area contributed by atoms with Crippen LogP contribution < -0.4 is 10.1 Å². The monoisotopic (exact) mass is 465 g/mol. The minimum absolute atomic E-state index is 0.202. The van der Waals surface area contributed by atoms with E-state index in [4.69, 9.17) is 32.7 Å². The molecule has 0 bridgehead atoms. The van der Waals surface area contributed by atoms with Gasteiger partial charge in [-0.3, -0.25) is 4.79 Å². The number of hydrogen-bond donors (Lipinski definition) is 2. The number of carbonyl (C=O) groups excluding carboxylic acids is 1. The van der Waals surface area contributed by atoms with Crippen molar-refractivity contribution in [3.63, 3.8) is 0 Å². The molecule has 166 valence electrons. The van der Waals surface area contributed by atoms with E-state index in [-0.39, 0.29) is 25.0 Å². The number of carboxylic acids is 1. The first-order valence-electron chi connectivity index (χ1n) is 9.64. The van der Waals surface area contributed by atoms with Crippen LogP contribution >= 0.6 is 23.2 Å². The second-order valence-electron chi connectivity index (χ2n) is 7.08. The number of halogens is 2. The van der Waals surface area contributed by atoms with Crippen molar-refractivity contribution >= 4 is 41.2 Å². The summed E-state index contributed by atoms with van der Waals surface area (Å²) in [5.41, 5.74) is 2.16. The van der Waals surface area contributed by atoms with Crippen molar-refractivity contribution in [3.05, 3.63) is 69.2 Å². The Bertz CT molecular complexity index is 959. The Morgan fingerprint density at radius 3 is 2.52 bits per heavy atom. The Balaban J connectivity index is 2.07. The summed E-state index contributed by atoms with van der Waals surface area (Å²) in [6, 6.07) is 10.3. The molecule has 0 aliphatic heterocycles. The Labute approximate surface area is 191 Å². The van der Waals surface area contributed by atoms with Gasteiger partial charge in [-0.25, -0.2) is 4.79 Å². The standard InChI is InChI=1S/C23H25Cl2NO5/c1-14(2)31-21(23(28)29)11-15-4-8-20(30-3)17(10-15)13-26-22(27)9-6-16-5-7-18(24)12-19(16)25/h4-10,12,14,21H,11,13H2,1-3H3,(H,26,27)(H,28,29)/b9-6+. The van der Waals surface area contributed by atoms with E-state index in [0.717, 1.165) is 11.1 Å². The fourth-order valence-electron chi connectivity index (χ4n) is 2.88. The smallest absolute Gasteiger partial charge is 0.333 e. The summed E-state index contributed by atoms with van der Waals surface area (Å²) in [7, 11) is 1.53. The van der Waals surface area contributed by atoms with Crippen molar-refractivity contribution in [2.24, 2.45) is 0 Å². The van der Waals surface area contributed by atoms with Crippen LogP contribution in [0.4, 0.5) is 0 Å². The number of hydrogen-bond acceptors (Lipinski definition) is 4. The van der Waals surface area contributed by atoms with Gasteiger partial charge in [0.2, 0.25) is 5.91 Å². The molecule has 2 N–H and O–H groups in total. The molecule has 2 aromatic carbocycles. The summed E-state index contributed by atoms with van der Waals surface area (Å²) in [5.74, 6) is -0.749. The Hall–Kier alpha value is -2.54. The summed E-state index contributed by atoms with van der Waals surface area (Å²) in [6.07, 6.45) is 2.01. The minimum Gasteiger partial charge on any atom is -0.496 e. The molecular weight excluding hydrogens is 441 g/mol. The molecule has 0 aliphatic carbocycles. The molecule has 31 heavy (non-hydrogen) atoms. The molecule has 1 unspecified atom stereocenters. The summed E-state index contributed by atoms with van der Waals surface area (Å²) >= 11 is 12.0. The second-order valence-corrected chi connectivity index (χ2v) is 7.92. The van der Waals surface area contributed by atoms with Gasteiger partial charge in [0, 0.05) is 34.7 Å². The molecular formula is C23H25Cl2NO5. The lowest BCUT2D eigenvalue weighted by atomic mass is 10.0. The highest BCUT2D eigenvalue weighted by atomic mass is 35.5. The number of rotatable bonds is 10. The molecule has 0 aromatic heterocycles. The number of carboxylic acid groups (broad SMARTS) is 1. The third-order valence-corrected chi connectivity index (χ3v) is 4.87. The topological polar surface area (TPSA) is 84.9 Å². The van der Waals surface area contributed by atoms with Gasteiger partial charge in [-0.15, -0.1) is 0 Å². The molecule has 0 spiro atoms. The third-order valence-electron chi connectivity index (χ3n) is 4.31. The van der Waals surface area contributed by atoms with Crippen molar-refractivity contribution in [2.45, 2.75) is 39.0 Å². The van der Waals surface area contributed by atoms with E-state index in [1.807, 2.05) is 0 Å². The first-order valence-corrected chi connectivity index (χ1v) is 10.4. The maximum atomic E-state index is 12.2. The highest BCUT2D eigenvalue weighted by molar-refractivity contribution is 6.35. The molecule has 1 amide bonds. The first kappa shape index (κ1) is 24.7. The maximum Gasteiger partial charge on any atom is 0.333 e. The van der Waals surface area contributed by atoms with Crippen LogP contribution in [0.25, 0.3) is 6.08 Å². The predicted molar refractivity (Wildman–Crippen MR) is 122 cm³/mol. The van der Waals surface area contributed by atoms with Gasteiger partial charge in [0.25, 0.3) is 0 Å². The number of benzene rings is 2. The zero-order valence-corrected chi connectivity index (χ0v) is 19.0. The van der Waals surface area contributed by atoms with E-state index >= 15 is 0 Å². The van der Waals surface area contributed by atoms with Gasteiger partial charge in [0.15, 0.2) is 6.10 Å². The van der Waals surface area contributed by atoms with Crippen LogP contribution in [0.15, 0.2) is 42.5 Å². The quantitative estimate of drug-likeness (QED) is 0.494. The summed E-state index contributed by atoms with van der Waals surface area (Å²) in [6.45, 7) is 3.78. The average Bonchev–Trinajstić information content (AvgIpc) is 2.70.